The molecule has 20 heavy (non-hydrogen) atoms. The number of ether oxygens (including phenoxy) is 1. The van der Waals surface area contributed by atoms with Crippen LogP contribution in [0.2, 0.25) is 0 Å². The predicted molar refractivity (Wildman–Crippen MR) is 71.2 cm³/mol. The van der Waals surface area contributed by atoms with Gasteiger partial charge in [-0.1, -0.05) is 6.07 Å². The number of carboxylic acids is 1. The van der Waals surface area contributed by atoms with Crippen molar-refractivity contribution in [3.05, 3.63) is 29.6 Å². The highest BCUT2D eigenvalue weighted by Crippen LogP contribution is 2.20. The molecule has 6 nitrogen and oxygen atoms in total. The van der Waals surface area contributed by atoms with Gasteiger partial charge in [-0.15, -0.1) is 0 Å². The maximum absolute atomic E-state index is 12.3. The molecular formula is C14H18N2O4. The third-order valence-corrected chi connectivity index (χ3v) is 3.70. The molecule has 0 spiro atoms. The second kappa shape index (κ2) is 6.00. The Morgan fingerprint density at radius 3 is 2.90 bits per heavy atom. The molecule has 2 unspecified atom stereocenters. The Morgan fingerprint density at radius 2 is 2.25 bits per heavy atom. The summed E-state index contributed by atoms with van der Waals surface area (Å²) in [7, 11) is 1.62. The molecule has 0 radical (unpaired) electrons. The quantitative estimate of drug-likeness (QED) is 0.867. The van der Waals surface area contributed by atoms with E-state index in [0.717, 1.165) is 11.3 Å². The smallest absolute Gasteiger partial charge is 0.311 e. The number of aryl methyl sites for hydroxylation is 1. The van der Waals surface area contributed by atoms with Crippen molar-refractivity contribution in [3.8, 4) is 0 Å². The fourth-order valence-corrected chi connectivity index (χ4v) is 2.32. The van der Waals surface area contributed by atoms with Crippen LogP contribution in [0.3, 0.4) is 0 Å². The lowest BCUT2D eigenvalue weighted by atomic mass is 10.0. The number of hydrogen-bond acceptors (Lipinski definition) is 4. The van der Waals surface area contributed by atoms with Gasteiger partial charge in [0.05, 0.1) is 31.4 Å². The maximum atomic E-state index is 12.3. The first-order valence-corrected chi connectivity index (χ1v) is 6.47. The van der Waals surface area contributed by atoms with Crippen LogP contribution in [0.25, 0.3) is 0 Å². The monoisotopic (exact) mass is 278 g/mol. The third-order valence-electron chi connectivity index (χ3n) is 3.70. The van der Waals surface area contributed by atoms with Gasteiger partial charge in [0.15, 0.2) is 0 Å². The predicted octanol–water partition coefficient (Wildman–Crippen LogP) is 0.491. The number of aromatic nitrogens is 1. The van der Waals surface area contributed by atoms with Crippen LogP contribution in [0.15, 0.2) is 18.3 Å². The van der Waals surface area contributed by atoms with E-state index in [9.17, 15) is 9.59 Å². The number of amides is 1. The van der Waals surface area contributed by atoms with Crippen molar-refractivity contribution in [2.45, 2.75) is 19.4 Å². The highest BCUT2D eigenvalue weighted by atomic mass is 16.5. The van der Waals surface area contributed by atoms with E-state index in [-0.39, 0.29) is 25.5 Å². The third kappa shape index (κ3) is 2.96. The largest absolute Gasteiger partial charge is 0.481 e. The zero-order chi connectivity index (χ0) is 14.7. The van der Waals surface area contributed by atoms with E-state index in [1.165, 1.54) is 4.90 Å². The van der Waals surface area contributed by atoms with E-state index in [0.29, 0.717) is 0 Å². The number of carbonyl (C=O) groups excluding carboxylic acids is 1. The highest BCUT2D eigenvalue weighted by Gasteiger charge is 2.38. The van der Waals surface area contributed by atoms with Crippen molar-refractivity contribution in [1.82, 2.24) is 9.88 Å². The molecule has 108 valence electrons. The fraction of sp³-hybridized carbons (Fsp3) is 0.500. The molecule has 0 aromatic carbocycles. The molecule has 1 aromatic rings. The average Bonchev–Trinajstić information content (AvgIpc) is 2.89. The zero-order valence-electron chi connectivity index (χ0n) is 11.6. The van der Waals surface area contributed by atoms with Gasteiger partial charge in [0.2, 0.25) is 5.91 Å². The molecule has 1 saturated heterocycles. The molecule has 1 aromatic heterocycles. The summed E-state index contributed by atoms with van der Waals surface area (Å²) < 4.78 is 5.19. The number of likely N-dealkylation sites (N-methyl/N-ethyl adjacent to an activating group) is 1. The van der Waals surface area contributed by atoms with Crippen LogP contribution in [0.5, 0.6) is 0 Å². The Balaban J connectivity index is 2.05. The Hall–Kier alpha value is -1.95. The molecule has 1 amide bonds. The van der Waals surface area contributed by atoms with Crippen molar-refractivity contribution in [3.63, 3.8) is 0 Å². The molecule has 1 aliphatic heterocycles. The number of carbonyl (C=O) groups is 2. The first kappa shape index (κ1) is 14.5. The van der Waals surface area contributed by atoms with Gasteiger partial charge in [0.1, 0.15) is 5.92 Å². The van der Waals surface area contributed by atoms with Crippen molar-refractivity contribution >= 4 is 11.9 Å². The Morgan fingerprint density at radius 1 is 1.50 bits per heavy atom. The topological polar surface area (TPSA) is 79.7 Å². The minimum absolute atomic E-state index is 0.145. The Kier molecular flexibility index (Phi) is 4.34. The van der Waals surface area contributed by atoms with E-state index in [1.54, 1.807) is 13.2 Å². The minimum atomic E-state index is -0.929. The van der Waals surface area contributed by atoms with Crippen LogP contribution in [0.4, 0.5) is 0 Å². The molecule has 0 aliphatic carbocycles. The van der Waals surface area contributed by atoms with Crippen molar-refractivity contribution in [1.29, 1.82) is 0 Å². The summed E-state index contributed by atoms with van der Waals surface area (Å²) in [5, 5.41) is 9.12. The Labute approximate surface area is 117 Å². The van der Waals surface area contributed by atoms with Gasteiger partial charge in [0.25, 0.3) is 0 Å². The van der Waals surface area contributed by atoms with Gasteiger partial charge in [0, 0.05) is 13.2 Å². The second-order valence-electron chi connectivity index (χ2n) is 5.00. The summed E-state index contributed by atoms with van der Waals surface area (Å²) >= 11 is 0. The molecule has 6 heteroatoms. The molecule has 0 bridgehead atoms. The summed E-state index contributed by atoms with van der Waals surface area (Å²) in [6, 6.07) is 3.30. The molecular weight excluding hydrogens is 260 g/mol. The van der Waals surface area contributed by atoms with Crippen molar-refractivity contribution in [2.75, 3.05) is 20.3 Å². The summed E-state index contributed by atoms with van der Waals surface area (Å²) in [5.74, 6) is -1.73. The number of rotatable bonds is 4. The lowest BCUT2D eigenvalue weighted by Gasteiger charge is -2.26. The van der Waals surface area contributed by atoms with E-state index in [1.807, 2.05) is 19.1 Å². The summed E-state index contributed by atoms with van der Waals surface area (Å²) in [4.78, 5) is 29.0. The molecule has 2 atom stereocenters. The molecule has 2 heterocycles. The van der Waals surface area contributed by atoms with Crippen LogP contribution in [-0.2, 0) is 20.7 Å². The lowest BCUT2D eigenvalue weighted by Crippen LogP contribution is -2.44. The minimum Gasteiger partial charge on any atom is -0.481 e. The van der Waals surface area contributed by atoms with Crippen LogP contribution in [0, 0.1) is 12.8 Å². The summed E-state index contributed by atoms with van der Waals surface area (Å²) in [5.41, 5.74) is 1.67. The van der Waals surface area contributed by atoms with E-state index >= 15 is 0 Å². The Bertz CT molecular complexity index is 518. The van der Waals surface area contributed by atoms with Crippen LogP contribution < -0.4 is 0 Å². The normalized spacial score (nSPS) is 21.7. The van der Waals surface area contributed by atoms with Crippen molar-refractivity contribution < 1.29 is 19.4 Å². The van der Waals surface area contributed by atoms with E-state index in [2.05, 4.69) is 4.98 Å². The highest BCUT2D eigenvalue weighted by molar-refractivity contribution is 5.80. The second-order valence-corrected chi connectivity index (χ2v) is 5.00. The summed E-state index contributed by atoms with van der Waals surface area (Å²) in [6.45, 7) is 2.31. The van der Waals surface area contributed by atoms with E-state index in [4.69, 9.17) is 9.84 Å². The first-order valence-electron chi connectivity index (χ1n) is 6.47. The fourth-order valence-electron chi connectivity index (χ4n) is 2.32. The lowest BCUT2D eigenvalue weighted by molar-refractivity contribution is -0.144. The number of aliphatic carboxylic acids is 1. The van der Waals surface area contributed by atoms with Crippen LogP contribution in [-0.4, -0.2) is 53.2 Å². The number of carboxylic acid groups (broad SMARTS) is 1. The molecule has 1 N–H and O–H groups in total. The van der Waals surface area contributed by atoms with Crippen LogP contribution in [0.1, 0.15) is 11.3 Å². The van der Waals surface area contributed by atoms with Gasteiger partial charge >= 0.3 is 5.97 Å². The van der Waals surface area contributed by atoms with Crippen LogP contribution >= 0.6 is 0 Å². The number of nitrogens with zero attached hydrogens (tertiary/aromatic N) is 2. The standard InChI is InChI=1S/C14H18N2O4/c1-9-4-3-5-15-11(9)6-13(17)16(2)12-8-20-7-10(12)14(18)19/h3-5,10,12H,6-8H2,1-2H3,(H,18,19). The molecule has 1 fully saturated rings. The van der Waals surface area contributed by atoms with Gasteiger partial charge in [-0.3, -0.25) is 14.6 Å². The molecule has 0 saturated carbocycles. The van der Waals surface area contributed by atoms with Gasteiger partial charge in [-0.05, 0) is 18.6 Å². The SMILES string of the molecule is Cc1cccnc1CC(=O)N(C)C1COCC1C(=O)O. The van der Waals surface area contributed by atoms with Crippen molar-refractivity contribution in [2.24, 2.45) is 5.92 Å². The maximum Gasteiger partial charge on any atom is 0.311 e. The number of pyridine rings is 1. The van der Waals surface area contributed by atoms with Gasteiger partial charge in [-0.2, -0.15) is 0 Å². The van der Waals surface area contributed by atoms with Gasteiger partial charge < -0.3 is 14.7 Å². The van der Waals surface area contributed by atoms with Gasteiger partial charge in [-0.25, -0.2) is 0 Å². The molecule has 1 aliphatic rings. The summed E-state index contributed by atoms with van der Waals surface area (Å²) in [6.07, 6.45) is 1.82. The first-order chi connectivity index (χ1) is 9.50. The average molecular weight is 278 g/mol. The molecule has 2 rings (SSSR count). The number of hydrogen-bond donors (Lipinski definition) is 1. The zero-order valence-corrected chi connectivity index (χ0v) is 11.6. The van der Waals surface area contributed by atoms with E-state index < -0.39 is 17.9 Å².